The minimum absolute atomic E-state index is 0.130. The number of carbonyl (C=O) groups is 2. The van der Waals surface area contributed by atoms with Crippen LogP contribution in [0.4, 0.5) is 0 Å². The van der Waals surface area contributed by atoms with Crippen LogP contribution in [0.25, 0.3) is 0 Å². The van der Waals surface area contributed by atoms with E-state index in [-0.39, 0.29) is 11.9 Å². The van der Waals surface area contributed by atoms with E-state index in [9.17, 15) is 9.59 Å². The number of hydrogen-bond acceptors (Lipinski definition) is 2. The highest BCUT2D eigenvalue weighted by Gasteiger charge is 2.23. The maximum absolute atomic E-state index is 11.5. The van der Waals surface area contributed by atoms with Crippen molar-refractivity contribution in [2.45, 2.75) is 45.1 Å². The first-order valence-electron chi connectivity index (χ1n) is 5.20. The lowest BCUT2D eigenvalue weighted by Crippen LogP contribution is -2.39. The van der Waals surface area contributed by atoms with Gasteiger partial charge in [0, 0.05) is 6.04 Å². The van der Waals surface area contributed by atoms with Crippen molar-refractivity contribution in [1.82, 2.24) is 4.90 Å². The van der Waals surface area contributed by atoms with Crippen molar-refractivity contribution >= 4 is 12.3 Å². The van der Waals surface area contributed by atoms with Crippen molar-refractivity contribution in [3.05, 3.63) is 12.2 Å². The highest BCUT2D eigenvalue weighted by molar-refractivity contribution is 5.94. The van der Waals surface area contributed by atoms with Gasteiger partial charge >= 0.3 is 0 Å². The van der Waals surface area contributed by atoms with Gasteiger partial charge < -0.3 is 0 Å². The molecule has 0 spiro atoms. The van der Waals surface area contributed by atoms with Gasteiger partial charge in [0.05, 0.1) is 0 Å². The van der Waals surface area contributed by atoms with Crippen molar-refractivity contribution in [2.24, 2.45) is 0 Å². The van der Waals surface area contributed by atoms with E-state index in [1.165, 1.54) is 17.4 Å². The monoisotopic (exact) mass is 195 g/mol. The number of amides is 2. The second-order valence-electron chi connectivity index (χ2n) is 3.64. The first-order chi connectivity index (χ1) is 6.79. The van der Waals surface area contributed by atoms with E-state index in [1.54, 1.807) is 13.0 Å². The van der Waals surface area contributed by atoms with Crippen LogP contribution in [0.15, 0.2) is 12.2 Å². The lowest BCUT2D eigenvalue weighted by Gasteiger charge is -2.28. The van der Waals surface area contributed by atoms with Crippen LogP contribution in [0.2, 0.25) is 0 Å². The number of hydrogen-bond donors (Lipinski definition) is 0. The Labute approximate surface area is 84.8 Å². The van der Waals surface area contributed by atoms with Gasteiger partial charge in [-0.25, -0.2) is 0 Å². The maximum Gasteiger partial charge on any atom is 0.252 e. The van der Waals surface area contributed by atoms with Crippen LogP contribution in [0, 0.1) is 0 Å². The second-order valence-corrected chi connectivity index (χ2v) is 3.64. The first-order valence-corrected chi connectivity index (χ1v) is 5.20. The van der Waals surface area contributed by atoms with E-state index in [2.05, 4.69) is 0 Å². The Balaban J connectivity index is 2.59. The Kier molecular flexibility index (Phi) is 4.36. The van der Waals surface area contributed by atoms with Crippen molar-refractivity contribution in [3.63, 3.8) is 0 Å². The number of carbonyl (C=O) groups excluding carboxylic acids is 2. The van der Waals surface area contributed by atoms with Crippen molar-refractivity contribution in [3.8, 4) is 0 Å². The predicted octanol–water partition coefficient (Wildman–Crippen LogP) is 1.88. The summed E-state index contributed by atoms with van der Waals surface area (Å²) >= 11 is 0. The number of nitrogens with zero attached hydrogens (tertiary/aromatic N) is 1. The average molecular weight is 195 g/mol. The van der Waals surface area contributed by atoms with Gasteiger partial charge in [-0.05, 0) is 25.8 Å². The summed E-state index contributed by atoms with van der Waals surface area (Å²) in [5.41, 5.74) is 0. The third-order valence-electron chi connectivity index (χ3n) is 2.65. The van der Waals surface area contributed by atoms with Gasteiger partial charge in [-0.2, -0.15) is 0 Å². The van der Waals surface area contributed by atoms with Gasteiger partial charge in [0.1, 0.15) is 0 Å². The largest absolute Gasteiger partial charge is 0.279 e. The Morgan fingerprint density at radius 1 is 1.29 bits per heavy atom. The van der Waals surface area contributed by atoms with Gasteiger partial charge in [-0.1, -0.05) is 25.3 Å². The van der Waals surface area contributed by atoms with E-state index in [4.69, 9.17) is 0 Å². The molecule has 1 aliphatic carbocycles. The van der Waals surface area contributed by atoms with Gasteiger partial charge in [-0.15, -0.1) is 0 Å². The first kappa shape index (κ1) is 11.0. The summed E-state index contributed by atoms with van der Waals surface area (Å²) in [4.78, 5) is 23.6. The second kappa shape index (κ2) is 5.58. The zero-order chi connectivity index (χ0) is 10.4. The van der Waals surface area contributed by atoms with Crippen LogP contribution >= 0.6 is 0 Å². The van der Waals surface area contributed by atoms with Crippen LogP contribution in [0.3, 0.4) is 0 Å². The molecule has 0 aromatic heterocycles. The summed E-state index contributed by atoms with van der Waals surface area (Å²) in [6, 6.07) is 0.130. The highest BCUT2D eigenvalue weighted by Crippen LogP contribution is 2.21. The molecule has 1 fully saturated rings. The molecule has 0 saturated heterocycles. The molecule has 78 valence electrons. The van der Waals surface area contributed by atoms with Crippen LogP contribution in [0.1, 0.15) is 39.0 Å². The Morgan fingerprint density at radius 3 is 2.43 bits per heavy atom. The fourth-order valence-corrected chi connectivity index (χ4v) is 1.91. The average Bonchev–Trinajstić information content (AvgIpc) is 2.21. The minimum atomic E-state index is -0.186. The SMILES string of the molecule is C/C=C\C(=O)N(C=O)C1CCCCC1. The predicted molar refractivity (Wildman–Crippen MR) is 54.6 cm³/mol. The van der Waals surface area contributed by atoms with E-state index in [0.717, 1.165) is 25.7 Å². The molecule has 14 heavy (non-hydrogen) atoms. The molecular formula is C11H17NO2. The molecule has 0 aliphatic heterocycles. The van der Waals surface area contributed by atoms with E-state index < -0.39 is 0 Å². The van der Waals surface area contributed by atoms with E-state index in [0.29, 0.717) is 6.41 Å². The van der Waals surface area contributed by atoms with Crippen LogP contribution in [0.5, 0.6) is 0 Å². The topological polar surface area (TPSA) is 37.4 Å². The fourth-order valence-electron chi connectivity index (χ4n) is 1.91. The summed E-state index contributed by atoms with van der Waals surface area (Å²) < 4.78 is 0. The summed E-state index contributed by atoms with van der Waals surface area (Å²) in [5.74, 6) is -0.186. The van der Waals surface area contributed by atoms with Gasteiger partial charge in [0.15, 0.2) is 0 Å². The van der Waals surface area contributed by atoms with Crippen LogP contribution in [-0.2, 0) is 9.59 Å². The quantitative estimate of drug-likeness (QED) is 0.509. The van der Waals surface area contributed by atoms with Crippen molar-refractivity contribution < 1.29 is 9.59 Å². The third-order valence-corrected chi connectivity index (χ3v) is 2.65. The molecule has 0 aromatic carbocycles. The number of imide groups is 1. The Morgan fingerprint density at radius 2 is 1.93 bits per heavy atom. The van der Waals surface area contributed by atoms with Gasteiger partial charge in [0.25, 0.3) is 5.91 Å². The highest BCUT2D eigenvalue weighted by atomic mass is 16.2. The molecule has 0 unspecified atom stereocenters. The standard InChI is InChI=1S/C11H17NO2/c1-2-6-11(14)12(9-13)10-7-4-3-5-8-10/h2,6,9-10H,3-5,7-8H2,1H3/b6-2-. The van der Waals surface area contributed by atoms with Crippen LogP contribution < -0.4 is 0 Å². The normalized spacial score (nSPS) is 18.4. The molecule has 0 atom stereocenters. The van der Waals surface area contributed by atoms with Crippen molar-refractivity contribution in [2.75, 3.05) is 0 Å². The molecule has 2 amide bonds. The Bertz CT molecular complexity index is 229. The summed E-state index contributed by atoms with van der Waals surface area (Å²) in [5, 5.41) is 0. The van der Waals surface area contributed by atoms with E-state index in [1.807, 2.05) is 0 Å². The lowest BCUT2D eigenvalue weighted by atomic mass is 9.94. The zero-order valence-corrected chi connectivity index (χ0v) is 8.61. The molecular weight excluding hydrogens is 178 g/mol. The summed E-state index contributed by atoms with van der Waals surface area (Å²) in [6.07, 6.45) is 9.17. The van der Waals surface area contributed by atoms with E-state index >= 15 is 0 Å². The van der Waals surface area contributed by atoms with Gasteiger partial charge in [0.2, 0.25) is 6.41 Å². The van der Waals surface area contributed by atoms with Crippen molar-refractivity contribution in [1.29, 1.82) is 0 Å². The molecule has 0 bridgehead atoms. The number of rotatable bonds is 3. The lowest BCUT2D eigenvalue weighted by molar-refractivity contribution is -0.137. The molecule has 0 heterocycles. The third kappa shape index (κ3) is 2.69. The maximum atomic E-state index is 11.5. The summed E-state index contributed by atoms with van der Waals surface area (Å²) in [7, 11) is 0. The molecule has 0 radical (unpaired) electrons. The molecule has 1 aliphatic rings. The zero-order valence-electron chi connectivity index (χ0n) is 8.61. The molecule has 0 N–H and O–H groups in total. The molecule has 3 nitrogen and oxygen atoms in total. The Hall–Kier alpha value is -1.12. The smallest absolute Gasteiger partial charge is 0.252 e. The minimum Gasteiger partial charge on any atom is -0.279 e. The van der Waals surface area contributed by atoms with Crippen LogP contribution in [-0.4, -0.2) is 23.3 Å². The molecule has 1 saturated carbocycles. The summed E-state index contributed by atoms with van der Waals surface area (Å²) in [6.45, 7) is 1.78. The fraction of sp³-hybridized carbons (Fsp3) is 0.636. The number of allylic oxidation sites excluding steroid dienone is 1. The molecule has 3 heteroatoms. The molecule has 0 aromatic rings. The molecule has 1 rings (SSSR count). The van der Waals surface area contributed by atoms with Gasteiger partial charge in [-0.3, -0.25) is 14.5 Å².